The SMILES string of the molecule is CN1C(=O)C(=Cn2cnc(-c3cc(C(F)(F)F)cc(C(F)(F)F)c3)n2)N(CCO)C1=O. The third-order valence-electron chi connectivity index (χ3n) is 4.26. The van der Waals surface area contributed by atoms with Crippen LogP contribution < -0.4 is 0 Å². The molecule has 0 radical (unpaired) electrons. The molecule has 8 nitrogen and oxygen atoms in total. The van der Waals surface area contributed by atoms with Crippen LogP contribution >= 0.6 is 0 Å². The molecule has 31 heavy (non-hydrogen) atoms. The summed E-state index contributed by atoms with van der Waals surface area (Å²) in [5.74, 6) is -1.21. The zero-order valence-electron chi connectivity index (χ0n) is 15.6. The van der Waals surface area contributed by atoms with Crippen molar-refractivity contribution < 1.29 is 41.0 Å². The number of rotatable bonds is 4. The van der Waals surface area contributed by atoms with Crippen LogP contribution in [0.1, 0.15) is 11.1 Å². The fraction of sp³-hybridized carbons (Fsp3) is 0.294. The first-order valence-electron chi connectivity index (χ1n) is 8.46. The third-order valence-corrected chi connectivity index (χ3v) is 4.26. The summed E-state index contributed by atoms with van der Waals surface area (Å²) in [6, 6.07) is 0.197. The first-order chi connectivity index (χ1) is 14.3. The molecule has 0 atom stereocenters. The van der Waals surface area contributed by atoms with Crippen molar-refractivity contribution in [2.75, 3.05) is 20.2 Å². The number of nitrogens with zero attached hydrogens (tertiary/aromatic N) is 5. The molecule has 3 rings (SSSR count). The highest BCUT2D eigenvalue weighted by Gasteiger charge is 2.39. The van der Waals surface area contributed by atoms with E-state index in [9.17, 15) is 35.9 Å². The summed E-state index contributed by atoms with van der Waals surface area (Å²) in [6.45, 7) is -0.678. The number of aliphatic hydroxyl groups excluding tert-OH is 1. The number of aromatic nitrogens is 3. The number of aliphatic hydroxyl groups is 1. The second-order valence-electron chi connectivity index (χ2n) is 6.38. The average Bonchev–Trinajstić information content (AvgIpc) is 3.22. The van der Waals surface area contributed by atoms with E-state index in [1.165, 1.54) is 7.05 Å². The van der Waals surface area contributed by atoms with Crippen LogP contribution in [-0.2, 0) is 17.1 Å². The van der Waals surface area contributed by atoms with E-state index >= 15 is 0 Å². The van der Waals surface area contributed by atoms with Crippen LogP contribution in [0, 0.1) is 0 Å². The topological polar surface area (TPSA) is 91.6 Å². The van der Waals surface area contributed by atoms with Crippen LogP contribution in [0.2, 0.25) is 0 Å². The van der Waals surface area contributed by atoms with Gasteiger partial charge in [-0.05, 0) is 18.2 Å². The van der Waals surface area contributed by atoms with Crippen LogP contribution in [0.5, 0.6) is 0 Å². The summed E-state index contributed by atoms with van der Waals surface area (Å²) in [5, 5.41) is 12.9. The molecule has 0 aliphatic carbocycles. The lowest BCUT2D eigenvalue weighted by atomic mass is 10.0. The van der Waals surface area contributed by atoms with Crippen LogP contribution in [-0.4, -0.2) is 61.8 Å². The van der Waals surface area contributed by atoms with Gasteiger partial charge in [-0.15, -0.1) is 5.10 Å². The van der Waals surface area contributed by atoms with Crippen LogP contribution in [0.3, 0.4) is 0 Å². The molecule has 14 heteroatoms. The van der Waals surface area contributed by atoms with Crippen molar-refractivity contribution in [3.05, 3.63) is 41.4 Å². The molecule has 166 valence electrons. The molecular weight excluding hydrogens is 436 g/mol. The molecule has 1 aromatic heterocycles. The van der Waals surface area contributed by atoms with Gasteiger partial charge in [0.25, 0.3) is 5.91 Å². The van der Waals surface area contributed by atoms with Gasteiger partial charge >= 0.3 is 18.4 Å². The minimum atomic E-state index is -5.04. The number of hydrogen-bond acceptors (Lipinski definition) is 5. The van der Waals surface area contributed by atoms with Crippen molar-refractivity contribution in [1.29, 1.82) is 0 Å². The standard InChI is InChI=1S/C17H13F6N5O3/c1-26-14(30)12(28(2-3-29)15(26)31)7-27-8-24-13(25-27)9-4-10(16(18,19)20)6-11(5-9)17(21,22)23/h4-8,29H,2-3H2,1H3. The Labute approximate surface area is 170 Å². The number of carbonyl (C=O) groups is 2. The molecule has 1 fully saturated rings. The highest BCUT2D eigenvalue weighted by molar-refractivity contribution is 6.12. The largest absolute Gasteiger partial charge is 0.416 e. The van der Waals surface area contributed by atoms with Crippen molar-refractivity contribution in [3.63, 3.8) is 0 Å². The first kappa shape index (κ1) is 22.3. The maximum atomic E-state index is 13.0. The molecule has 1 aliphatic rings. The van der Waals surface area contributed by atoms with Crippen LogP contribution in [0.4, 0.5) is 31.1 Å². The van der Waals surface area contributed by atoms with E-state index in [1.54, 1.807) is 0 Å². The monoisotopic (exact) mass is 449 g/mol. The Kier molecular flexibility index (Phi) is 5.52. The Hall–Kier alpha value is -3.42. The number of urea groups is 1. The molecule has 1 saturated heterocycles. The second-order valence-corrected chi connectivity index (χ2v) is 6.38. The van der Waals surface area contributed by atoms with Crippen molar-refractivity contribution in [3.8, 4) is 11.4 Å². The smallest absolute Gasteiger partial charge is 0.395 e. The minimum Gasteiger partial charge on any atom is -0.395 e. The average molecular weight is 449 g/mol. The summed E-state index contributed by atoms with van der Waals surface area (Å²) < 4.78 is 79.1. The lowest BCUT2D eigenvalue weighted by Crippen LogP contribution is -2.31. The first-order valence-corrected chi connectivity index (χ1v) is 8.46. The molecule has 0 bridgehead atoms. The number of amides is 3. The van der Waals surface area contributed by atoms with E-state index in [1.807, 2.05) is 0 Å². The maximum absolute atomic E-state index is 13.0. The summed E-state index contributed by atoms with van der Waals surface area (Å²) in [6.07, 6.45) is -8.10. The molecule has 0 spiro atoms. The second kappa shape index (κ2) is 7.68. The predicted octanol–water partition coefficient (Wildman–Crippen LogP) is 2.67. The summed E-state index contributed by atoms with van der Waals surface area (Å²) in [5.41, 5.74) is -3.81. The Morgan fingerprint density at radius 2 is 1.61 bits per heavy atom. The highest BCUT2D eigenvalue weighted by atomic mass is 19.4. The molecule has 2 heterocycles. The van der Waals surface area contributed by atoms with Crippen LogP contribution in [0.25, 0.3) is 17.6 Å². The molecule has 1 N–H and O–H groups in total. The number of carbonyl (C=O) groups excluding carboxylic acids is 2. The molecule has 1 aromatic carbocycles. The fourth-order valence-corrected chi connectivity index (χ4v) is 2.78. The van der Waals surface area contributed by atoms with Gasteiger partial charge in [-0.1, -0.05) is 0 Å². The van der Waals surface area contributed by atoms with Crippen molar-refractivity contribution in [2.24, 2.45) is 0 Å². The van der Waals surface area contributed by atoms with Gasteiger partial charge in [-0.3, -0.25) is 14.6 Å². The number of hydrogen-bond donors (Lipinski definition) is 1. The van der Waals surface area contributed by atoms with Gasteiger partial charge in [-0.2, -0.15) is 26.3 Å². The Morgan fingerprint density at radius 1 is 1.03 bits per heavy atom. The van der Waals surface area contributed by atoms with Gasteiger partial charge in [0.2, 0.25) is 0 Å². The van der Waals surface area contributed by atoms with Gasteiger partial charge in [0.1, 0.15) is 12.0 Å². The molecule has 0 unspecified atom stereocenters. The van der Waals surface area contributed by atoms with Gasteiger partial charge in [0.15, 0.2) is 5.82 Å². The zero-order chi connectivity index (χ0) is 23.1. The Balaban J connectivity index is 2.03. The van der Waals surface area contributed by atoms with E-state index in [0.29, 0.717) is 12.1 Å². The van der Waals surface area contributed by atoms with Gasteiger partial charge < -0.3 is 5.11 Å². The molecule has 1 aliphatic heterocycles. The Morgan fingerprint density at radius 3 is 2.13 bits per heavy atom. The van der Waals surface area contributed by atoms with Crippen molar-refractivity contribution >= 4 is 18.1 Å². The van der Waals surface area contributed by atoms with E-state index < -0.39 is 53.4 Å². The van der Waals surface area contributed by atoms with Crippen molar-refractivity contribution in [2.45, 2.75) is 12.4 Å². The lowest BCUT2D eigenvalue weighted by molar-refractivity contribution is -0.143. The van der Waals surface area contributed by atoms with Gasteiger partial charge in [0, 0.05) is 12.6 Å². The molecule has 3 amide bonds. The number of β-amino-alcohol motifs (C(OH)–C–C–N with tert-alkyl or cyclic N) is 1. The van der Waals surface area contributed by atoms with E-state index in [-0.39, 0.29) is 18.3 Å². The zero-order valence-corrected chi connectivity index (χ0v) is 15.6. The van der Waals surface area contributed by atoms with Crippen molar-refractivity contribution in [1.82, 2.24) is 24.6 Å². The van der Waals surface area contributed by atoms with Gasteiger partial charge in [0.05, 0.1) is 30.5 Å². The molecule has 2 aromatic rings. The quantitative estimate of drug-likeness (QED) is 0.440. The minimum absolute atomic E-state index is 0.0200. The lowest BCUT2D eigenvalue weighted by Gasteiger charge is -2.13. The molecule has 0 saturated carbocycles. The third kappa shape index (κ3) is 4.38. The number of alkyl halides is 6. The predicted molar refractivity (Wildman–Crippen MR) is 91.7 cm³/mol. The fourth-order valence-electron chi connectivity index (χ4n) is 2.78. The number of likely N-dealkylation sites (N-methyl/N-ethyl adjacent to an activating group) is 1. The Bertz CT molecular complexity index is 1030. The summed E-state index contributed by atoms with van der Waals surface area (Å²) in [4.78, 5) is 29.6. The van der Waals surface area contributed by atoms with E-state index in [2.05, 4.69) is 10.1 Å². The van der Waals surface area contributed by atoms with Crippen LogP contribution in [0.15, 0.2) is 30.2 Å². The highest BCUT2D eigenvalue weighted by Crippen LogP contribution is 2.38. The van der Waals surface area contributed by atoms with Gasteiger partial charge in [-0.25, -0.2) is 14.5 Å². The maximum Gasteiger partial charge on any atom is 0.416 e. The summed E-state index contributed by atoms with van der Waals surface area (Å²) >= 11 is 0. The van der Waals surface area contributed by atoms with E-state index in [4.69, 9.17) is 5.11 Å². The number of benzene rings is 1. The molecular formula is C17H13F6N5O3. The number of halogens is 6. The normalized spacial score (nSPS) is 16.7. The number of imide groups is 1. The summed E-state index contributed by atoms with van der Waals surface area (Å²) in [7, 11) is 1.20. The van der Waals surface area contributed by atoms with E-state index in [0.717, 1.165) is 27.0 Å².